The van der Waals surface area contributed by atoms with Crippen LogP contribution in [0.2, 0.25) is 10.0 Å². The van der Waals surface area contributed by atoms with Gasteiger partial charge in [-0.15, -0.1) is 0 Å². The average Bonchev–Trinajstić information content (AvgIpc) is 3.30. The van der Waals surface area contributed by atoms with E-state index in [2.05, 4.69) is 15.4 Å². The molecule has 0 aliphatic heterocycles. The highest BCUT2D eigenvalue weighted by Gasteiger charge is 2.08. The largest absolute Gasteiger partial charge is 0.323 e. The van der Waals surface area contributed by atoms with Crippen LogP contribution < -0.4 is 5.32 Å². The van der Waals surface area contributed by atoms with Gasteiger partial charge >= 0.3 is 0 Å². The van der Waals surface area contributed by atoms with Gasteiger partial charge in [-0.3, -0.25) is 9.48 Å². The Bertz CT molecular complexity index is 1120. The number of rotatable bonds is 7. The number of imidazole rings is 1. The van der Waals surface area contributed by atoms with Gasteiger partial charge in [-0.2, -0.15) is 5.10 Å². The van der Waals surface area contributed by atoms with E-state index in [9.17, 15) is 4.79 Å². The van der Waals surface area contributed by atoms with Crippen molar-refractivity contribution in [1.29, 1.82) is 0 Å². The quantitative estimate of drug-likeness (QED) is 0.458. The minimum atomic E-state index is -0.0441. The maximum atomic E-state index is 12.2. The zero-order valence-corrected chi connectivity index (χ0v) is 17.1. The van der Waals surface area contributed by atoms with Crippen LogP contribution in [0.15, 0.2) is 61.2 Å². The van der Waals surface area contributed by atoms with Crippen LogP contribution in [0.25, 0.3) is 5.65 Å². The molecule has 148 valence electrons. The van der Waals surface area contributed by atoms with Gasteiger partial charge in [0.05, 0.1) is 34.2 Å². The third kappa shape index (κ3) is 4.96. The predicted octanol–water partition coefficient (Wildman–Crippen LogP) is 4.85. The van der Waals surface area contributed by atoms with Crippen molar-refractivity contribution in [2.24, 2.45) is 0 Å². The van der Waals surface area contributed by atoms with E-state index in [1.165, 1.54) is 0 Å². The summed E-state index contributed by atoms with van der Waals surface area (Å²) in [7, 11) is 0. The van der Waals surface area contributed by atoms with Crippen molar-refractivity contribution < 1.29 is 4.79 Å². The molecule has 1 amide bonds. The normalized spacial score (nSPS) is 11.1. The van der Waals surface area contributed by atoms with E-state index in [0.717, 1.165) is 29.7 Å². The molecule has 4 rings (SSSR count). The van der Waals surface area contributed by atoms with Gasteiger partial charge in [0.2, 0.25) is 5.91 Å². The molecule has 0 unspecified atom stereocenters. The van der Waals surface area contributed by atoms with Gasteiger partial charge in [0.25, 0.3) is 0 Å². The lowest BCUT2D eigenvalue weighted by Crippen LogP contribution is -2.11. The molecule has 1 aromatic carbocycles. The Morgan fingerprint density at radius 2 is 2.00 bits per heavy atom. The number of nitrogens with zero attached hydrogens (tertiary/aromatic N) is 4. The van der Waals surface area contributed by atoms with Crippen LogP contribution in [-0.2, 0) is 17.8 Å². The fourth-order valence-corrected chi connectivity index (χ4v) is 3.44. The van der Waals surface area contributed by atoms with Crippen LogP contribution >= 0.6 is 23.2 Å². The fraction of sp³-hybridized carbons (Fsp3) is 0.190. The Hall–Kier alpha value is -2.83. The molecule has 0 spiro atoms. The summed E-state index contributed by atoms with van der Waals surface area (Å²) in [6.07, 6.45) is 9.28. The van der Waals surface area contributed by atoms with E-state index >= 15 is 0 Å². The lowest BCUT2D eigenvalue weighted by molar-refractivity contribution is -0.116. The minimum Gasteiger partial charge on any atom is -0.323 e. The number of halogens is 2. The van der Waals surface area contributed by atoms with E-state index < -0.39 is 0 Å². The summed E-state index contributed by atoms with van der Waals surface area (Å²) in [5.74, 6) is -0.0441. The topological polar surface area (TPSA) is 64.2 Å². The van der Waals surface area contributed by atoms with E-state index in [4.69, 9.17) is 23.2 Å². The highest BCUT2D eigenvalue weighted by molar-refractivity contribution is 6.42. The van der Waals surface area contributed by atoms with E-state index in [1.54, 1.807) is 23.1 Å². The Labute approximate surface area is 178 Å². The SMILES string of the molecule is O=C(CCCc1ccc(Cl)c(Cl)c1)Nc1cnn(Cc2cn3ccccc3n2)c1. The second kappa shape index (κ2) is 8.68. The number of nitrogens with one attached hydrogen (secondary N) is 1. The molecule has 3 aromatic heterocycles. The van der Waals surface area contributed by atoms with Gasteiger partial charge in [-0.25, -0.2) is 4.98 Å². The van der Waals surface area contributed by atoms with Crippen LogP contribution in [0.4, 0.5) is 5.69 Å². The number of hydrogen-bond donors (Lipinski definition) is 1. The molecule has 0 radical (unpaired) electrons. The van der Waals surface area contributed by atoms with Crippen molar-refractivity contribution in [2.45, 2.75) is 25.8 Å². The first-order valence-corrected chi connectivity index (χ1v) is 10.0. The highest BCUT2D eigenvalue weighted by Crippen LogP contribution is 2.23. The number of anilines is 1. The molecule has 1 N–H and O–H groups in total. The third-order valence-corrected chi connectivity index (χ3v) is 5.25. The van der Waals surface area contributed by atoms with Gasteiger partial charge < -0.3 is 9.72 Å². The molecule has 3 heterocycles. The molecule has 0 saturated heterocycles. The first-order valence-electron chi connectivity index (χ1n) is 9.26. The number of aromatic nitrogens is 4. The molecule has 29 heavy (non-hydrogen) atoms. The number of fused-ring (bicyclic) bond motifs is 1. The van der Waals surface area contributed by atoms with Crippen LogP contribution in [0, 0.1) is 0 Å². The molecule has 0 aliphatic rings. The molecule has 0 saturated carbocycles. The lowest BCUT2D eigenvalue weighted by atomic mass is 10.1. The van der Waals surface area contributed by atoms with Gasteiger partial charge in [0, 0.05) is 25.0 Å². The van der Waals surface area contributed by atoms with Crippen molar-refractivity contribution in [3.8, 4) is 0 Å². The minimum absolute atomic E-state index is 0.0441. The van der Waals surface area contributed by atoms with Crippen molar-refractivity contribution in [3.05, 3.63) is 82.5 Å². The number of aryl methyl sites for hydroxylation is 1. The van der Waals surface area contributed by atoms with Gasteiger partial charge in [0.1, 0.15) is 5.65 Å². The smallest absolute Gasteiger partial charge is 0.224 e. The molecule has 0 aliphatic carbocycles. The summed E-state index contributed by atoms with van der Waals surface area (Å²) >= 11 is 11.9. The summed E-state index contributed by atoms with van der Waals surface area (Å²) in [4.78, 5) is 16.8. The molecule has 6 nitrogen and oxygen atoms in total. The summed E-state index contributed by atoms with van der Waals surface area (Å²) in [5.41, 5.74) is 3.53. The molecular weight excluding hydrogens is 409 g/mol. The second-order valence-corrected chi connectivity index (χ2v) is 7.59. The number of hydrogen-bond acceptors (Lipinski definition) is 3. The number of pyridine rings is 1. The molecule has 0 fully saturated rings. The van der Waals surface area contributed by atoms with Crippen LogP contribution in [0.1, 0.15) is 24.1 Å². The Kier molecular flexibility index (Phi) is 5.83. The van der Waals surface area contributed by atoms with E-state index in [1.807, 2.05) is 47.1 Å². The van der Waals surface area contributed by atoms with Crippen molar-refractivity contribution in [3.63, 3.8) is 0 Å². The first-order chi connectivity index (χ1) is 14.1. The summed E-state index contributed by atoms with van der Waals surface area (Å²) in [5, 5.41) is 8.26. The molecule has 8 heteroatoms. The standard InChI is InChI=1S/C21H19Cl2N5O/c22-18-8-7-15(10-19(18)23)4-3-6-21(29)26-16-11-24-28(13-16)14-17-12-27-9-2-1-5-20(27)25-17/h1-2,5,7-13H,3-4,6,14H2,(H,26,29). The second-order valence-electron chi connectivity index (χ2n) is 6.78. The zero-order valence-electron chi connectivity index (χ0n) is 15.6. The molecule has 0 bridgehead atoms. The van der Waals surface area contributed by atoms with Crippen LogP contribution in [-0.4, -0.2) is 25.1 Å². The van der Waals surface area contributed by atoms with E-state index in [0.29, 0.717) is 28.7 Å². The fourth-order valence-electron chi connectivity index (χ4n) is 3.12. The van der Waals surface area contributed by atoms with Crippen molar-refractivity contribution in [2.75, 3.05) is 5.32 Å². The maximum absolute atomic E-state index is 12.2. The number of carbonyl (C=O) groups is 1. The first kappa shape index (κ1) is 19.5. The molecule has 4 aromatic rings. The van der Waals surface area contributed by atoms with Gasteiger partial charge in [-0.1, -0.05) is 35.3 Å². The highest BCUT2D eigenvalue weighted by atomic mass is 35.5. The Balaban J connectivity index is 1.28. The average molecular weight is 428 g/mol. The van der Waals surface area contributed by atoms with Crippen LogP contribution in [0.5, 0.6) is 0 Å². The van der Waals surface area contributed by atoms with Gasteiger partial charge in [0.15, 0.2) is 0 Å². The van der Waals surface area contributed by atoms with Crippen LogP contribution in [0.3, 0.4) is 0 Å². The monoisotopic (exact) mass is 427 g/mol. The Morgan fingerprint density at radius 1 is 1.10 bits per heavy atom. The van der Waals surface area contributed by atoms with E-state index in [-0.39, 0.29) is 5.91 Å². The summed E-state index contributed by atoms with van der Waals surface area (Å²) < 4.78 is 3.72. The lowest BCUT2D eigenvalue weighted by Gasteiger charge is -2.04. The maximum Gasteiger partial charge on any atom is 0.224 e. The number of benzene rings is 1. The van der Waals surface area contributed by atoms with Crippen molar-refractivity contribution >= 4 is 40.4 Å². The zero-order chi connectivity index (χ0) is 20.2. The third-order valence-electron chi connectivity index (χ3n) is 4.51. The van der Waals surface area contributed by atoms with Gasteiger partial charge in [-0.05, 0) is 42.7 Å². The number of carbonyl (C=O) groups excluding carboxylic acids is 1. The Morgan fingerprint density at radius 3 is 2.83 bits per heavy atom. The summed E-state index contributed by atoms with van der Waals surface area (Å²) in [6.45, 7) is 0.537. The van der Waals surface area contributed by atoms with Crippen molar-refractivity contribution in [1.82, 2.24) is 19.2 Å². The molecular formula is C21H19Cl2N5O. The summed E-state index contributed by atoms with van der Waals surface area (Å²) in [6, 6.07) is 11.4. The molecule has 0 atom stereocenters. The predicted molar refractivity (Wildman–Crippen MR) is 115 cm³/mol. The number of amides is 1.